The van der Waals surface area contributed by atoms with Crippen molar-refractivity contribution >= 4 is 5.69 Å². The van der Waals surface area contributed by atoms with Gasteiger partial charge in [0.2, 0.25) is 0 Å². The molecular weight excluding hydrogens is 290 g/mol. The average molecular weight is 322 g/mol. The maximum absolute atomic E-state index is 5.85. The molecule has 0 bridgehead atoms. The molecule has 2 N–H and O–H groups in total. The molecule has 3 rings (SSSR count). The Morgan fingerprint density at radius 2 is 1.75 bits per heavy atom. The van der Waals surface area contributed by atoms with Gasteiger partial charge in [0.15, 0.2) is 0 Å². The van der Waals surface area contributed by atoms with Crippen LogP contribution in [0, 0.1) is 12.3 Å². The van der Waals surface area contributed by atoms with Crippen molar-refractivity contribution < 1.29 is 0 Å². The molecule has 0 unspecified atom stereocenters. The lowest BCUT2D eigenvalue weighted by atomic mass is 9.64. The van der Waals surface area contributed by atoms with Crippen LogP contribution in [0.25, 0.3) is 0 Å². The Hall–Kier alpha value is -1.76. The van der Waals surface area contributed by atoms with Gasteiger partial charge in [-0.15, -0.1) is 0 Å². The van der Waals surface area contributed by atoms with Crippen LogP contribution in [0.15, 0.2) is 48.5 Å². The van der Waals surface area contributed by atoms with Gasteiger partial charge in [-0.3, -0.25) is 0 Å². The summed E-state index contributed by atoms with van der Waals surface area (Å²) in [5, 5.41) is 0. The molecule has 0 spiro atoms. The Morgan fingerprint density at radius 3 is 2.38 bits per heavy atom. The molecule has 1 aliphatic carbocycles. The summed E-state index contributed by atoms with van der Waals surface area (Å²) in [6.07, 6.45) is 9.20. The fourth-order valence-corrected chi connectivity index (χ4v) is 4.60. The van der Waals surface area contributed by atoms with Gasteiger partial charge in [-0.05, 0) is 80.0 Å². The highest BCUT2D eigenvalue weighted by molar-refractivity contribution is 5.39. The first-order chi connectivity index (χ1) is 11.6. The summed E-state index contributed by atoms with van der Waals surface area (Å²) in [5.74, 6) is 0.751. The number of nitrogens with two attached hydrogens (primary N) is 1. The fourth-order valence-electron chi connectivity index (χ4n) is 4.60. The SMILES string of the molecule is CCCC1(Cc2ccc(N)cc2)CCC(c2cccc(C)c2)CC1. The first-order valence-corrected chi connectivity index (χ1v) is 9.51. The molecule has 1 fully saturated rings. The van der Waals surface area contributed by atoms with Crippen molar-refractivity contribution in [2.75, 3.05) is 5.73 Å². The van der Waals surface area contributed by atoms with Crippen LogP contribution in [0.5, 0.6) is 0 Å². The first-order valence-electron chi connectivity index (χ1n) is 9.51. The number of hydrogen-bond donors (Lipinski definition) is 1. The Bertz CT molecular complexity index is 648. The summed E-state index contributed by atoms with van der Waals surface area (Å²) in [5.41, 5.74) is 11.6. The summed E-state index contributed by atoms with van der Waals surface area (Å²) in [6.45, 7) is 4.53. The predicted molar refractivity (Wildman–Crippen MR) is 104 cm³/mol. The molecule has 0 amide bonds. The van der Waals surface area contributed by atoms with Crippen molar-refractivity contribution in [3.63, 3.8) is 0 Å². The maximum Gasteiger partial charge on any atom is 0.0314 e. The Labute approximate surface area is 147 Å². The number of anilines is 1. The highest BCUT2D eigenvalue weighted by atomic mass is 14.5. The molecule has 0 saturated heterocycles. The summed E-state index contributed by atoms with van der Waals surface area (Å²) < 4.78 is 0. The van der Waals surface area contributed by atoms with E-state index in [0.29, 0.717) is 5.41 Å². The minimum atomic E-state index is 0.491. The highest BCUT2D eigenvalue weighted by Crippen LogP contribution is 2.47. The van der Waals surface area contributed by atoms with Crippen molar-refractivity contribution in [2.24, 2.45) is 5.41 Å². The van der Waals surface area contributed by atoms with Gasteiger partial charge in [0.25, 0.3) is 0 Å². The van der Waals surface area contributed by atoms with Crippen LogP contribution in [0.4, 0.5) is 5.69 Å². The van der Waals surface area contributed by atoms with Gasteiger partial charge in [0.05, 0.1) is 0 Å². The van der Waals surface area contributed by atoms with Crippen molar-refractivity contribution in [3.05, 3.63) is 65.2 Å². The summed E-state index contributed by atoms with van der Waals surface area (Å²) >= 11 is 0. The molecule has 2 aromatic carbocycles. The summed E-state index contributed by atoms with van der Waals surface area (Å²) in [4.78, 5) is 0. The van der Waals surface area contributed by atoms with E-state index in [2.05, 4.69) is 50.2 Å². The van der Waals surface area contributed by atoms with E-state index in [-0.39, 0.29) is 0 Å². The molecule has 1 saturated carbocycles. The topological polar surface area (TPSA) is 26.0 Å². The number of rotatable bonds is 5. The van der Waals surface area contributed by atoms with Crippen LogP contribution in [-0.4, -0.2) is 0 Å². The highest BCUT2D eigenvalue weighted by Gasteiger charge is 2.35. The number of aryl methyl sites for hydroxylation is 1. The van der Waals surface area contributed by atoms with Crippen LogP contribution in [0.2, 0.25) is 0 Å². The van der Waals surface area contributed by atoms with E-state index in [0.717, 1.165) is 11.6 Å². The Balaban J connectivity index is 1.70. The Morgan fingerprint density at radius 1 is 1.04 bits per heavy atom. The van der Waals surface area contributed by atoms with E-state index in [9.17, 15) is 0 Å². The van der Waals surface area contributed by atoms with Crippen molar-refractivity contribution in [2.45, 2.75) is 64.7 Å². The molecule has 1 aliphatic rings. The normalized spacial score (nSPS) is 24.0. The molecule has 2 aromatic rings. The number of nitrogen functional groups attached to an aromatic ring is 1. The minimum Gasteiger partial charge on any atom is -0.399 e. The van der Waals surface area contributed by atoms with Gasteiger partial charge in [0, 0.05) is 5.69 Å². The summed E-state index contributed by atoms with van der Waals surface area (Å²) in [6, 6.07) is 17.7. The van der Waals surface area contributed by atoms with E-state index in [1.807, 2.05) is 12.1 Å². The van der Waals surface area contributed by atoms with Crippen LogP contribution < -0.4 is 5.73 Å². The molecule has 0 heterocycles. The van der Waals surface area contributed by atoms with Crippen molar-refractivity contribution in [3.8, 4) is 0 Å². The molecule has 128 valence electrons. The quantitative estimate of drug-likeness (QED) is 0.646. The number of benzene rings is 2. The van der Waals surface area contributed by atoms with E-state index in [4.69, 9.17) is 5.73 Å². The first kappa shape index (κ1) is 17.1. The van der Waals surface area contributed by atoms with E-state index >= 15 is 0 Å². The van der Waals surface area contributed by atoms with E-state index in [1.54, 1.807) is 5.56 Å². The fraction of sp³-hybridized carbons (Fsp3) is 0.478. The minimum absolute atomic E-state index is 0.491. The smallest absolute Gasteiger partial charge is 0.0314 e. The lowest BCUT2D eigenvalue weighted by Crippen LogP contribution is -2.29. The molecule has 0 atom stereocenters. The van der Waals surface area contributed by atoms with Crippen molar-refractivity contribution in [1.82, 2.24) is 0 Å². The molecule has 1 heteroatoms. The van der Waals surface area contributed by atoms with Gasteiger partial charge in [-0.2, -0.15) is 0 Å². The van der Waals surface area contributed by atoms with Crippen LogP contribution >= 0.6 is 0 Å². The zero-order valence-corrected chi connectivity index (χ0v) is 15.2. The van der Waals surface area contributed by atoms with Crippen molar-refractivity contribution in [1.29, 1.82) is 0 Å². The standard InChI is InChI=1S/C23H31N/c1-3-13-23(17-19-7-9-22(24)10-8-19)14-11-20(12-15-23)21-6-4-5-18(2)16-21/h4-10,16,20H,3,11-15,17,24H2,1-2H3. The van der Waals surface area contributed by atoms with E-state index < -0.39 is 0 Å². The zero-order valence-electron chi connectivity index (χ0n) is 15.2. The summed E-state index contributed by atoms with van der Waals surface area (Å²) in [7, 11) is 0. The van der Waals surface area contributed by atoms with Crippen LogP contribution in [-0.2, 0) is 6.42 Å². The zero-order chi connectivity index (χ0) is 17.0. The molecule has 1 nitrogen and oxygen atoms in total. The third kappa shape index (κ3) is 4.01. The largest absolute Gasteiger partial charge is 0.399 e. The average Bonchev–Trinajstić information content (AvgIpc) is 2.58. The molecule has 0 aliphatic heterocycles. The monoisotopic (exact) mass is 321 g/mol. The second-order valence-corrected chi connectivity index (χ2v) is 7.86. The maximum atomic E-state index is 5.85. The van der Waals surface area contributed by atoms with Gasteiger partial charge >= 0.3 is 0 Å². The second-order valence-electron chi connectivity index (χ2n) is 7.86. The molecule has 24 heavy (non-hydrogen) atoms. The lowest BCUT2D eigenvalue weighted by molar-refractivity contribution is 0.156. The lowest BCUT2D eigenvalue weighted by Gasteiger charge is -2.41. The second kappa shape index (κ2) is 7.42. The van der Waals surface area contributed by atoms with Crippen LogP contribution in [0.1, 0.15) is 68.1 Å². The molecular formula is C23H31N. The third-order valence-corrected chi connectivity index (χ3v) is 5.90. The Kier molecular flexibility index (Phi) is 5.28. The van der Waals surface area contributed by atoms with Gasteiger partial charge < -0.3 is 5.73 Å². The van der Waals surface area contributed by atoms with Gasteiger partial charge in [0.1, 0.15) is 0 Å². The van der Waals surface area contributed by atoms with Gasteiger partial charge in [-0.25, -0.2) is 0 Å². The predicted octanol–water partition coefficient (Wildman–Crippen LogP) is 6.26. The number of hydrogen-bond acceptors (Lipinski definition) is 1. The third-order valence-electron chi connectivity index (χ3n) is 5.90. The molecule has 0 radical (unpaired) electrons. The van der Waals surface area contributed by atoms with Crippen LogP contribution in [0.3, 0.4) is 0 Å². The van der Waals surface area contributed by atoms with Gasteiger partial charge in [-0.1, -0.05) is 55.3 Å². The molecule has 0 aromatic heterocycles. The van der Waals surface area contributed by atoms with E-state index in [1.165, 1.54) is 56.1 Å².